The van der Waals surface area contributed by atoms with E-state index in [2.05, 4.69) is 10.2 Å². The summed E-state index contributed by atoms with van der Waals surface area (Å²) in [6.45, 7) is 4.54. The van der Waals surface area contributed by atoms with E-state index in [0.717, 1.165) is 31.1 Å². The average Bonchev–Trinajstić information content (AvgIpc) is 2.39. The largest absolute Gasteiger partial charge is 0.497 e. The number of rotatable bonds is 3. The lowest BCUT2D eigenvalue weighted by Crippen LogP contribution is -2.55. The molecule has 2 N–H and O–H groups in total. The first-order chi connectivity index (χ1) is 8.22. The van der Waals surface area contributed by atoms with Gasteiger partial charge >= 0.3 is 0 Å². The first-order valence-electron chi connectivity index (χ1n) is 6.02. The number of hydrogen-bond acceptors (Lipinski definition) is 4. The van der Waals surface area contributed by atoms with E-state index in [-0.39, 0.29) is 12.1 Å². The second kappa shape index (κ2) is 5.38. The highest BCUT2D eigenvalue weighted by molar-refractivity contribution is 5.50. The molecule has 4 nitrogen and oxygen atoms in total. The standard InChI is InChI=1S/C13H20N2O2/c1-10(16)13-9-14-7-8-15(13)11-3-5-12(17-2)6-4-11/h3-6,10,13-14,16H,7-9H2,1-2H3. The molecule has 2 rings (SSSR count). The molecule has 1 fully saturated rings. The number of ether oxygens (including phenoxy) is 1. The minimum atomic E-state index is -0.343. The summed E-state index contributed by atoms with van der Waals surface area (Å²) >= 11 is 0. The van der Waals surface area contributed by atoms with Gasteiger partial charge in [-0.2, -0.15) is 0 Å². The molecular weight excluding hydrogens is 216 g/mol. The number of anilines is 1. The maximum atomic E-state index is 9.80. The van der Waals surface area contributed by atoms with Crippen molar-refractivity contribution in [3.8, 4) is 5.75 Å². The number of piperazine rings is 1. The zero-order chi connectivity index (χ0) is 12.3. The van der Waals surface area contributed by atoms with Gasteiger partial charge in [0.25, 0.3) is 0 Å². The van der Waals surface area contributed by atoms with E-state index in [1.54, 1.807) is 7.11 Å². The molecule has 0 aliphatic carbocycles. The molecule has 1 aromatic carbocycles. The van der Waals surface area contributed by atoms with Crippen LogP contribution in [0.1, 0.15) is 6.92 Å². The van der Waals surface area contributed by atoms with E-state index >= 15 is 0 Å². The van der Waals surface area contributed by atoms with Gasteiger partial charge in [0.15, 0.2) is 0 Å². The van der Waals surface area contributed by atoms with Crippen molar-refractivity contribution in [3.05, 3.63) is 24.3 Å². The third-order valence-electron chi connectivity index (χ3n) is 3.24. The van der Waals surface area contributed by atoms with Gasteiger partial charge in [0.1, 0.15) is 5.75 Å². The Balaban J connectivity index is 2.17. The molecule has 17 heavy (non-hydrogen) atoms. The minimum absolute atomic E-state index is 0.136. The van der Waals surface area contributed by atoms with Crippen LogP contribution in [0.15, 0.2) is 24.3 Å². The molecular formula is C13H20N2O2. The molecule has 2 atom stereocenters. The van der Waals surface area contributed by atoms with Crippen LogP contribution in [-0.2, 0) is 0 Å². The number of benzene rings is 1. The van der Waals surface area contributed by atoms with Crippen molar-refractivity contribution in [1.82, 2.24) is 5.32 Å². The summed E-state index contributed by atoms with van der Waals surface area (Å²) < 4.78 is 5.15. The highest BCUT2D eigenvalue weighted by Crippen LogP contribution is 2.23. The van der Waals surface area contributed by atoms with E-state index in [9.17, 15) is 5.11 Å². The van der Waals surface area contributed by atoms with Gasteiger partial charge in [-0.25, -0.2) is 0 Å². The average molecular weight is 236 g/mol. The topological polar surface area (TPSA) is 44.7 Å². The molecule has 1 aromatic rings. The maximum absolute atomic E-state index is 9.80. The van der Waals surface area contributed by atoms with Crippen molar-refractivity contribution in [2.75, 3.05) is 31.6 Å². The Bertz CT molecular complexity index is 351. The van der Waals surface area contributed by atoms with Crippen LogP contribution in [-0.4, -0.2) is 44.0 Å². The lowest BCUT2D eigenvalue weighted by molar-refractivity contribution is 0.151. The van der Waals surface area contributed by atoms with Gasteiger partial charge < -0.3 is 20.1 Å². The zero-order valence-corrected chi connectivity index (χ0v) is 10.4. The number of hydrogen-bond donors (Lipinski definition) is 2. The third kappa shape index (κ3) is 2.70. The van der Waals surface area contributed by atoms with Gasteiger partial charge in [-0.05, 0) is 31.2 Å². The minimum Gasteiger partial charge on any atom is -0.497 e. The zero-order valence-electron chi connectivity index (χ0n) is 10.4. The molecule has 1 saturated heterocycles. The van der Waals surface area contributed by atoms with E-state index in [1.165, 1.54) is 0 Å². The van der Waals surface area contributed by atoms with Crippen LogP contribution in [0.2, 0.25) is 0 Å². The maximum Gasteiger partial charge on any atom is 0.119 e. The van der Waals surface area contributed by atoms with Gasteiger partial charge in [-0.3, -0.25) is 0 Å². The molecule has 1 heterocycles. The van der Waals surface area contributed by atoms with Gasteiger partial charge in [0, 0.05) is 25.3 Å². The van der Waals surface area contributed by atoms with Crippen molar-refractivity contribution >= 4 is 5.69 Å². The summed E-state index contributed by atoms with van der Waals surface area (Å²) in [4.78, 5) is 2.25. The third-order valence-corrected chi connectivity index (χ3v) is 3.24. The SMILES string of the molecule is COc1ccc(N2CCNCC2C(C)O)cc1. The Morgan fingerprint density at radius 2 is 2.12 bits per heavy atom. The number of aliphatic hydroxyl groups is 1. The number of aliphatic hydroxyl groups excluding tert-OH is 1. The summed E-state index contributed by atoms with van der Waals surface area (Å²) in [5, 5.41) is 13.1. The summed E-state index contributed by atoms with van der Waals surface area (Å²) in [5.41, 5.74) is 1.14. The Kier molecular flexibility index (Phi) is 3.86. The molecule has 1 aliphatic heterocycles. The fourth-order valence-electron chi connectivity index (χ4n) is 2.25. The van der Waals surface area contributed by atoms with Crippen LogP contribution < -0.4 is 15.0 Å². The van der Waals surface area contributed by atoms with Gasteiger partial charge in [0.05, 0.1) is 19.3 Å². The molecule has 1 aliphatic rings. The molecule has 94 valence electrons. The lowest BCUT2D eigenvalue weighted by atomic mass is 10.1. The van der Waals surface area contributed by atoms with Crippen LogP contribution in [0.4, 0.5) is 5.69 Å². The Morgan fingerprint density at radius 1 is 1.41 bits per heavy atom. The second-order valence-corrected chi connectivity index (χ2v) is 4.40. The van der Waals surface area contributed by atoms with E-state index < -0.39 is 0 Å². The predicted octanol–water partition coefficient (Wildman–Crippen LogP) is 0.854. The number of nitrogens with zero attached hydrogens (tertiary/aromatic N) is 1. The summed E-state index contributed by atoms with van der Waals surface area (Å²) in [6, 6.07) is 8.13. The molecule has 0 amide bonds. The van der Waals surface area contributed by atoms with Crippen LogP contribution in [0.3, 0.4) is 0 Å². The molecule has 0 aromatic heterocycles. The van der Waals surface area contributed by atoms with Gasteiger partial charge in [0.2, 0.25) is 0 Å². The lowest BCUT2D eigenvalue weighted by Gasteiger charge is -2.39. The fraction of sp³-hybridized carbons (Fsp3) is 0.538. The van der Waals surface area contributed by atoms with Crippen LogP contribution >= 0.6 is 0 Å². The molecule has 0 radical (unpaired) electrons. The number of nitrogens with one attached hydrogen (secondary N) is 1. The molecule has 2 unspecified atom stereocenters. The number of methoxy groups -OCH3 is 1. The quantitative estimate of drug-likeness (QED) is 0.817. The fourth-order valence-corrected chi connectivity index (χ4v) is 2.25. The van der Waals surface area contributed by atoms with Crippen molar-refractivity contribution in [2.24, 2.45) is 0 Å². The van der Waals surface area contributed by atoms with Crippen LogP contribution in [0.25, 0.3) is 0 Å². The summed E-state index contributed by atoms with van der Waals surface area (Å²) in [7, 11) is 1.67. The normalized spacial score (nSPS) is 22.3. The first-order valence-corrected chi connectivity index (χ1v) is 6.02. The Labute approximate surface area is 102 Å². The van der Waals surface area contributed by atoms with Gasteiger partial charge in [-0.1, -0.05) is 0 Å². The van der Waals surface area contributed by atoms with Crippen molar-refractivity contribution in [3.63, 3.8) is 0 Å². The molecule has 0 bridgehead atoms. The van der Waals surface area contributed by atoms with Gasteiger partial charge in [-0.15, -0.1) is 0 Å². The highest BCUT2D eigenvalue weighted by Gasteiger charge is 2.26. The monoisotopic (exact) mass is 236 g/mol. The molecule has 0 saturated carbocycles. The Hall–Kier alpha value is -1.26. The van der Waals surface area contributed by atoms with Crippen molar-refractivity contribution < 1.29 is 9.84 Å². The molecule has 0 spiro atoms. The van der Waals surface area contributed by atoms with E-state index in [0.29, 0.717) is 0 Å². The molecule has 4 heteroatoms. The van der Waals surface area contributed by atoms with E-state index in [4.69, 9.17) is 4.74 Å². The van der Waals surface area contributed by atoms with Crippen LogP contribution in [0.5, 0.6) is 5.75 Å². The second-order valence-electron chi connectivity index (χ2n) is 4.40. The Morgan fingerprint density at radius 3 is 2.71 bits per heavy atom. The summed E-state index contributed by atoms with van der Waals surface area (Å²) in [5.74, 6) is 0.859. The smallest absolute Gasteiger partial charge is 0.119 e. The van der Waals surface area contributed by atoms with E-state index in [1.807, 2.05) is 31.2 Å². The predicted molar refractivity (Wildman–Crippen MR) is 68.7 cm³/mol. The summed E-state index contributed by atoms with van der Waals surface area (Å²) in [6.07, 6.45) is -0.343. The first kappa shape index (κ1) is 12.2. The van der Waals surface area contributed by atoms with Crippen molar-refractivity contribution in [2.45, 2.75) is 19.1 Å². The highest BCUT2D eigenvalue weighted by atomic mass is 16.5. The van der Waals surface area contributed by atoms with Crippen molar-refractivity contribution in [1.29, 1.82) is 0 Å². The van der Waals surface area contributed by atoms with Crippen LogP contribution in [0, 0.1) is 0 Å².